The fourth-order valence-corrected chi connectivity index (χ4v) is 2.39. The summed E-state index contributed by atoms with van der Waals surface area (Å²) in [4.78, 5) is 17.4. The number of alkyl halides is 1. The molecule has 0 bridgehead atoms. The summed E-state index contributed by atoms with van der Waals surface area (Å²) in [6, 6.07) is 1.67. The first-order chi connectivity index (χ1) is 7.61. The van der Waals surface area contributed by atoms with Crippen molar-refractivity contribution < 1.29 is 4.79 Å². The fourth-order valence-electron chi connectivity index (χ4n) is 1.69. The van der Waals surface area contributed by atoms with Crippen LogP contribution in [0, 0.1) is 5.92 Å². The first-order valence-corrected chi connectivity index (χ1v) is 6.67. The first-order valence-electron chi connectivity index (χ1n) is 4.79. The molecule has 2 rings (SSSR count). The number of carbonyl (C=O) groups is 1. The number of hydrogen-bond donors (Lipinski definition) is 0. The lowest BCUT2D eigenvalue weighted by Gasteiger charge is -2.16. The predicted octanol–water partition coefficient (Wildman–Crippen LogP) is 3.14. The second-order valence-electron chi connectivity index (χ2n) is 3.69. The van der Waals surface area contributed by atoms with E-state index in [2.05, 4.69) is 20.9 Å². The molecule has 1 aromatic heterocycles. The minimum absolute atomic E-state index is 0.102. The minimum Gasteiger partial charge on any atom is -0.311 e. The van der Waals surface area contributed by atoms with E-state index >= 15 is 0 Å². The smallest absolute Gasteiger partial charge is 0.227 e. The van der Waals surface area contributed by atoms with E-state index < -0.39 is 0 Å². The van der Waals surface area contributed by atoms with Crippen LogP contribution >= 0.6 is 39.1 Å². The number of rotatable bonds is 2. The van der Waals surface area contributed by atoms with Crippen LogP contribution in [-0.2, 0) is 4.79 Å². The molecule has 0 aliphatic carbocycles. The highest BCUT2D eigenvalue weighted by Gasteiger charge is 2.30. The van der Waals surface area contributed by atoms with Crippen molar-refractivity contribution in [3.8, 4) is 0 Å². The van der Waals surface area contributed by atoms with Gasteiger partial charge in [0.2, 0.25) is 5.91 Å². The molecular weight excluding hydrogens is 315 g/mol. The van der Waals surface area contributed by atoms with Gasteiger partial charge in [-0.2, -0.15) is 0 Å². The molecule has 1 aromatic rings. The second-order valence-corrected chi connectivity index (χ2v) is 5.11. The first kappa shape index (κ1) is 12.1. The highest BCUT2D eigenvalue weighted by atomic mass is 79.9. The lowest BCUT2D eigenvalue weighted by atomic mass is 10.2. The molecule has 1 unspecified atom stereocenters. The van der Waals surface area contributed by atoms with Gasteiger partial charge in [0.1, 0.15) is 5.15 Å². The zero-order valence-corrected chi connectivity index (χ0v) is 11.4. The number of aromatic nitrogens is 1. The number of carbonyl (C=O) groups excluding carboxylic acids is 1. The summed E-state index contributed by atoms with van der Waals surface area (Å²) in [6.45, 7) is 0.698. The number of anilines is 1. The van der Waals surface area contributed by atoms with Crippen LogP contribution in [-0.4, -0.2) is 22.8 Å². The van der Waals surface area contributed by atoms with E-state index in [0.717, 1.165) is 5.33 Å². The molecule has 0 spiro atoms. The molecule has 1 aliphatic rings. The van der Waals surface area contributed by atoms with Gasteiger partial charge in [0.15, 0.2) is 0 Å². The van der Waals surface area contributed by atoms with Crippen molar-refractivity contribution >= 4 is 50.7 Å². The monoisotopic (exact) mass is 322 g/mol. The van der Waals surface area contributed by atoms with Gasteiger partial charge in [0.05, 0.1) is 16.9 Å². The molecule has 0 aromatic carbocycles. The average Bonchev–Trinajstić information content (AvgIpc) is 2.64. The highest BCUT2D eigenvalue weighted by Crippen LogP contribution is 2.29. The van der Waals surface area contributed by atoms with Gasteiger partial charge in [-0.05, 0) is 12.0 Å². The van der Waals surface area contributed by atoms with Crippen molar-refractivity contribution in [3.05, 3.63) is 22.4 Å². The van der Waals surface area contributed by atoms with Crippen LogP contribution in [0.4, 0.5) is 5.69 Å². The number of hydrogen-bond acceptors (Lipinski definition) is 2. The van der Waals surface area contributed by atoms with Crippen molar-refractivity contribution in [2.45, 2.75) is 6.42 Å². The predicted molar refractivity (Wildman–Crippen MR) is 68.5 cm³/mol. The second kappa shape index (κ2) is 4.90. The van der Waals surface area contributed by atoms with Gasteiger partial charge in [-0.25, -0.2) is 4.98 Å². The Morgan fingerprint density at radius 2 is 2.31 bits per heavy atom. The molecule has 6 heteroatoms. The largest absolute Gasteiger partial charge is 0.311 e. The SMILES string of the molecule is O=C1CC(CBr)CN1c1cnc(Cl)c(Cl)c1. The molecule has 0 saturated carbocycles. The Kier molecular flexibility index (Phi) is 3.72. The van der Waals surface area contributed by atoms with Crippen molar-refractivity contribution in [3.63, 3.8) is 0 Å². The summed E-state index contributed by atoms with van der Waals surface area (Å²) in [5.74, 6) is 0.451. The highest BCUT2D eigenvalue weighted by molar-refractivity contribution is 9.09. The van der Waals surface area contributed by atoms with Crippen molar-refractivity contribution in [1.82, 2.24) is 4.98 Å². The summed E-state index contributed by atoms with van der Waals surface area (Å²) < 4.78 is 0. The molecule has 3 nitrogen and oxygen atoms in total. The molecule has 86 valence electrons. The van der Waals surface area contributed by atoms with Crippen LogP contribution in [0.2, 0.25) is 10.2 Å². The third-order valence-electron chi connectivity index (χ3n) is 2.52. The standard InChI is InChI=1S/C10H9BrCl2N2O/c11-3-6-1-9(16)15(5-6)7-2-8(12)10(13)14-4-7/h2,4,6H,1,3,5H2. The van der Waals surface area contributed by atoms with E-state index in [1.807, 2.05) is 0 Å². The third-order valence-corrected chi connectivity index (χ3v) is 4.12. The van der Waals surface area contributed by atoms with Gasteiger partial charge in [-0.1, -0.05) is 39.1 Å². The van der Waals surface area contributed by atoms with Gasteiger partial charge < -0.3 is 4.90 Å². The van der Waals surface area contributed by atoms with Crippen LogP contribution in [0.25, 0.3) is 0 Å². The molecule has 1 aliphatic heterocycles. The Morgan fingerprint density at radius 1 is 1.56 bits per heavy atom. The summed E-state index contributed by atoms with van der Waals surface area (Å²) in [6.07, 6.45) is 2.13. The van der Waals surface area contributed by atoms with Crippen molar-refractivity contribution in [1.29, 1.82) is 0 Å². The summed E-state index contributed by atoms with van der Waals surface area (Å²) >= 11 is 15.0. The Balaban J connectivity index is 2.24. The zero-order chi connectivity index (χ0) is 11.7. The van der Waals surface area contributed by atoms with E-state index in [1.54, 1.807) is 17.2 Å². The molecule has 1 atom stereocenters. The van der Waals surface area contributed by atoms with Crippen LogP contribution in [0.5, 0.6) is 0 Å². The Hall–Kier alpha value is -0.320. The van der Waals surface area contributed by atoms with Gasteiger partial charge in [0, 0.05) is 18.3 Å². The third kappa shape index (κ3) is 2.34. The molecule has 0 radical (unpaired) electrons. The molecule has 1 amide bonds. The van der Waals surface area contributed by atoms with E-state index in [-0.39, 0.29) is 11.1 Å². The molecule has 1 fully saturated rings. The normalized spacial score (nSPS) is 20.6. The van der Waals surface area contributed by atoms with Crippen LogP contribution in [0.15, 0.2) is 12.3 Å². The molecule has 2 heterocycles. The maximum absolute atomic E-state index is 11.7. The van der Waals surface area contributed by atoms with Gasteiger partial charge in [0.25, 0.3) is 0 Å². The van der Waals surface area contributed by atoms with Gasteiger partial charge in [-0.15, -0.1) is 0 Å². The Labute approximate surface area is 112 Å². The maximum atomic E-state index is 11.7. The van der Waals surface area contributed by atoms with Crippen LogP contribution < -0.4 is 4.90 Å². The molecular formula is C10H9BrCl2N2O. The van der Waals surface area contributed by atoms with E-state index in [4.69, 9.17) is 23.2 Å². The van der Waals surface area contributed by atoms with E-state index in [9.17, 15) is 4.79 Å². The summed E-state index contributed by atoms with van der Waals surface area (Å²) in [5.41, 5.74) is 0.711. The van der Waals surface area contributed by atoms with E-state index in [1.165, 1.54) is 0 Å². The van der Waals surface area contributed by atoms with E-state index in [0.29, 0.717) is 29.6 Å². The minimum atomic E-state index is 0.102. The maximum Gasteiger partial charge on any atom is 0.227 e. The molecule has 0 N–H and O–H groups in total. The van der Waals surface area contributed by atoms with Crippen LogP contribution in [0.3, 0.4) is 0 Å². The van der Waals surface area contributed by atoms with Gasteiger partial charge >= 0.3 is 0 Å². The zero-order valence-electron chi connectivity index (χ0n) is 8.29. The molecule has 1 saturated heterocycles. The number of nitrogens with zero attached hydrogens (tertiary/aromatic N) is 2. The summed E-state index contributed by atoms with van der Waals surface area (Å²) in [5, 5.41) is 1.45. The van der Waals surface area contributed by atoms with Gasteiger partial charge in [-0.3, -0.25) is 4.79 Å². The fraction of sp³-hybridized carbons (Fsp3) is 0.400. The number of amides is 1. The number of pyridine rings is 1. The lowest BCUT2D eigenvalue weighted by molar-refractivity contribution is -0.117. The Morgan fingerprint density at radius 3 is 2.88 bits per heavy atom. The van der Waals surface area contributed by atoms with Crippen molar-refractivity contribution in [2.75, 3.05) is 16.8 Å². The average molecular weight is 324 g/mol. The topological polar surface area (TPSA) is 33.2 Å². The number of halogens is 3. The Bertz CT molecular complexity index is 427. The van der Waals surface area contributed by atoms with Crippen molar-refractivity contribution in [2.24, 2.45) is 5.92 Å². The van der Waals surface area contributed by atoms with Crippen LogP contribution in [0.1, 0.15) is 6.42 Å². The lowest BCUT2D eigenvalue weighted by Crippen LogP contribution is -2.24. The quantitative estimate of drug-likeness (QED) is 0.619. The summed E-state index contributed by atoms with van der Waals surface area (Å²) in [7, 11) is 0. The molecule has 16 heavy (non-hydrogen) atoms.